The van der Waals surface area contributed by atoms with Gasteiger partial charge in [-0.15, -0.1) is 0 Å². The monoisotopic (exact) mass is 309 g/mol. The maximum absolute atomic E-state index is 12.7. The number of pyridine rings is 1. The van der Waals surface area contributed by atoms with Gasteiger partial charge in [0.15, 0.2) is 0 Å². The molecular weight excluding hydrogens is 290 g/mol. The molecule has 0 spiro atoms. The minimum Gasteiger partial charge on any atom is -0.342 e. The summed E-state index contributed by atoms with van der Waals surface area (Å²) in [6.45, 7) is 3.53. The van der Waals surface area contributed by atoms with Crippen LogP contribution in [-0.2, 0) is 11.2 Å². The summed E-state index contributed by atoms with van der Waals surface area (Å²) < 4.78 is 2.01. The fraction of sp³-hybridized carbons (Fsp3) is 0.353. The van der Waals surface area contributed by atoms with Crippen molar-refractivity contribution >= 4 is 11.6 Å². The number of imidazole rings is 1. The molecule has 1 fully saturated rings. The first-order valence-corrected chi connectivity index (χ1v) is 7.92. The van der Waals surface area contributed by atoms with Crippen LogP contribution in [0.1, 0.15) is 29.4 Å². The van der Waals surface area contributed by atoms with Gasteiger partial charge in [-0.05, 0) is 31.5 Å². The van der Waals surface area contributed by atoms with Crippen LogP contribution in [0.3, 0.4) is 0 Å². The van der Waals surface area contributed by atoms with Crippen molar-refractivity contribution in [2.45, 2.75) is 25.7 Å². The van der Waals surface area contributed by atoms with Crippen LogP contribution in [0, 0.1) is 6.92 Å². The van der Waals surface area contributed by atoms with E-state index in [1.54, 1.807) is 6.20 Å². The van der Waals surface area contributed by atoms with Crippen LogP contribution in [0.5, 0.6) is 0 Å². The highest BCUT2D eigenvalue weighted by atomic mass is 16.2. The Bertz CT molecular complexity index is 836. The molecule has 1 atom stereocenters. The number of aromatic amines is 1. The van der Waals surface area contributed by atoms with Gasteiger partial charge in [0, 0.05) is 37.1 Å². The van der Waals surface area contributed by atoms with Gasteiger partial charge < -0.3 is 9.30 Å². The van der Waals surface area contributed by atoms with Gasteiger partial charge in [0.05, 0.1) is 17.8 Å². The van der Waals surface area contributed by atoms with Crippen molar-refractivity contribution < 1.29 is 4.79 Å². The number of aryl methyl sites for hydroxylation is 1. The number of nitrogens with one attached hydrogen (secondary N) is 1. The summed E-state index contributed by atoms with van der Waals surface area (Å²) in [5.74, 6) is 0.533. The van der Waals surface area contributed by atoms with Crippen molar-refractivity contribution in [1.82, 2.24) is 24.5 Å². The zero-order valence-electron chi connectivity index (χ0n) is 13.1. The Balaban J connectivity index is 1.51. The number of hydrogen-bond acceptors (Lipinski definition) is 3. The molecule has 4 rings (SSSR count). The Morgan fingerprint density at radius 1 is 1.39 bits per heavy atom. The molecule has 0 aromatic carbocycles. The molecule has 0 unspecified atom stereocenters. The third kappa shape index (κ3) is 2.50. The molecule has 4 heterocycles. The molecule has 1 amide bonds. The van der Waals surface area contributed by atoms with E-state index in [1.807, 2.05) is 46.7 Å². The Hall–Kier alpha value is -2.63. The molecule has 1 N–H and O–H groups in total. The van der Waals surface area contributed by atoms with Gasteiger partial charge in [-0.25, -0.2) is 4.98 Å². The Morgan fingerprint density at radius 2 is 2.30 bits per heavy atom. The second-order valence-electron chi connectivity index (χ2n) is 6.09. The predicted octanol–water partition coefficient (Wildman–Crippen LogP) is 1.92. The zero-order valence-corrected chi connectivity index (χ0v) is 13.1. The maximum Gasteiger partial charge on any atom is 0.228 e. The van der Waals surface area contributed by atoms with E-state index in [0.29, 0.717) is 12.3 Å². The van der Waals surface area contributed by atoms with E-state index in [1.165, 1.54) is 0 Å². The Morgan fingerprint density at radius 3 is 3.13 bits per heavy atom. The molecule has 6 nitrogen and oxygen atoms in total. The zero-order chi connectivity index (χ0) is 15.8. The number of amides is 1. The van der Waals surface area contributed by atoms with E-state index < -0.39 is 0 Å². The van der Waals surface area contributed by atoms with E-state index >= 15 is 0 Å². The predicted molar refractivity (Wildman–Crippen MR) is 86.2 cm³/mol. The Labute approximate surface area is 134 Å². The van der Waals surface area contributed by atoms with Crippen LogP contribution >= 0.6 is 0 Å². The molecule has 3 aromatic rings. The second kappa shape index (κ2) is 5.53. The van der Waals surface area contributed by atoms with Crippen LogP contribution in [0.2, 0.25) is 0 Å². The van der Waals surface area contributed by atoms with E-state index in [0.717, 1.165) is 42.2 Å². The number of carbonyl (C=O) groups is 1. The van der Waals surface area contributed by atoms with E-state index in [2.05, 4.69) is 15.2 Å². The van der Waals surface area contributed by atoms with Crippen molar-refractivity contribution in [3.05, 3.63) is 53.7 Å². The first-order chi connectivity index (χ1) is 11.2. The summed E-state index contributed by atoms with van der Waals surface area (Å²) in [4.78, 5) is 19.2. The van der Waals surface area contributed by atoms with E-state index in [4.69, 9.17) is 0 Å². The lowest BCUT2D eigenvalue weighted by molar-refractivity contribution is -0.129. The number of H-pyrrole nitrogens is 1. The third-order valence-electron chi connectivity index (χ3n) is 4.65. The lowest BCUT2D eigenvalue weighted by Gasteiger charge is -2.16. The largest absolute Gasteiger partial charge is 0.342 e. The number of rotatable bonds is 3. The van der Waals surface area contributed by atoms with E-state index in [-0.39, 0.29) is 5.91 Å². The quantitative estimate of drug-likeness (QED) is 0.804. The molecule has 0 saturated carbocycles. The molecule has 0 radical (unpaired) electrons. The minimum atomic E-state index is 0.167. The first-order valence-electron chi connectivity index (χ1n) is 7.92. The molecule has 118 valence electrons. The van der Waals surface area contributed by atoms with Crippen molar-refractivity contribution in [3.63, 3.8) is 0 Å². The average Bonchev–Trinajstić information content (AvgIpc) is 3.27. The minimum absolute atomic E-state index is 0.167. The van der Waals surface area contributed by atoms with Crippen LogP contribution in [0.15, 0.2) is 36.7 Å². The fourth-order valence-corrected chi connectivity index (χ4v) is 3.37. The van der Waals surface area contributed by atoms with Gasteiger partial charge in [-0.3, -0.25) is 9.89 Å². The molecule has 1 aliphatic rings. The van der Waals surface area contributed by atoms with Gasteiger partial charge in [0.1, 0.15) is 5.65 Å². The second-order valence-corrected chi connectivity index (χ2v) is 6.09. The normalized spacial score (nSPS) is 18.0. The summed E-state index contributed by atoms with van der Waals surface area (Å²) in [5.41, 5.74) is 3.92. The van der Waals surface area contributed by atoms with Gasteiger partial charge in [-0.1, -0.05) is 6.07 Å². The molecule has 0 aliphatic carbocycles. The van der Waals surface area contributed by atoms with Crippen molar-refractivity contribution in [3.8, 4) is 0 Å². The summed E-state index contributed by atoms with van der Waals surface area (Å²) in [5, 5.41) is 7.02. The number of fused-ring (bicyclic) bond motifs is 1. The Kier molecular flexibility index (Phi) is 3.37. The molecule has 3 aromatic heterocycles. The average molecular weight is 309 g/mol. The molecular formula is C17H19N5O. The van der Waals surface area contributed by atoms with Gasteiger partial charge in [0.25, 0.3) is 0 Å². The standard InChI is InChI=1S/C17H19N5O/c1-12-15(22-8-3-2-4-16(22)19-12)10-17(23)21-9-6-13(11-21)14-5-7-18-20-14/h2-5,7-8,13H,6,9-11H2,1H3,(H,18,20)/t13-/m1/s1. The van der Waals surface area contributed by atoms with Crippen LogP contribution in [-0.4, -0.2) is 43.5 Å². The molecule has 1 saturated heterocycles. The summed E-state index contributed by atoms with van der Waals surface area (Å²) in [6, 6.07) is 7.88. The van der Waals surface area contributed by atoms with Crippen LogP contribution in [0.4, 0.5) is 0 Å². The summed E-state index contributed by atoms with van der Waals surface area (Å²) in [7, 11) is 0. The van der Waals surface area contributed by atoms with Gasteiger partial charge in [-0.2, -0.15) is 5.10 Å². The topological polar surface area (TPSA) is 66.3 Å². The molecule has 23 heavy (non-hydrogen) atoms. The summed E-state index contributed by atoms with van der Waals surface area (Å²) >= 11 is 0. The number of carbonyl (C=O) groups excluding carboxylic acids is 1. The smallest absolute Gasteiger partial charge is 0.228 e. The highest BCUT2D eigenvalue weighted by Gasteiger charge is 2.28. The fourth-order valence-electron chi connectivity index (χ4n) is 3.37. The number of aromatic nitrogens is 4. The van der Waals surface area contributed by atoms with Crippen molar-refractivity contribution in [1.29, 1.82) is 0 Å². The third-order valence-corrected chi connectivity index (χ3v) is 4.65. The number of likely N-dealkylation sites (tertiary alicyclic amines) is 1. The lowest BCUT2D eigenvalue weighted by atomic mass is 10.1. The van der Waals surface area contributed by atoms with Crippen molar-refractivity contribution in [2.75, 3.05) is 13.1 Å². The van der Waals surface area contributed by atoms with E-state index in [9.17, 15) is 4.79 Å². The molecule has 1 aliphatic heterocycles. The first kappa shape index (κ1) is 14.0. The summed E-state index contributed by atoms with van der Waals surface area (Å²) in [6.07, 6.45) is 5.11. The van der Waals surface area contributed by atoms with Crippen LogP contribution in [0.25, 0.3) is 5.65 Å². The number of nitrogens with zero attached hydrogens (tertiary/aromatic N) is 4. The van der Waals surface area contributed by atoms with Gasteiger partial charge >= 0.3 is 0 Å². The lowest BCUT2D eigenvalue weighted by Crippen LogP contribution is -2.30. The van der Waals surface area contributed by atoms with Crippen molar-refractivity contribution in [2.24, 2.45) is 0 Å². The number of hydrogen-bond donors (Lipinski definition) is 1. The highest BCUT2D eigenvalue weighted by Crippen LogP contribution is 2.26. The van der Waals surface area contributed by atoms with Gasteiger partial charge in [0.2, 0.25) is 5.91 Å². The molecule has 0 bridgehead atoms. The van der Waals surface area contributed by atoms with Crippen LogP contribution < -0.4 is 0 Å². The SMILES string of the molecule is Cc1nc2ccccn2c1CC(=O)N1CC[C@@H](c2ccn[nH]2)C1. The molecule has 6 heteroatoms. The maximum atomic E-state index is 12.7. The highest BCUT2D eigenvalue weighted by molar-refractivity contribution is 5.79.